The molecule has 4 rings (SSSR count). The Morgan fingerprint density at radius 2 is 1.69 bits per heavy atom. The molecule has 0 saturated heterocycles. The highest BCUT2D eigenvalue weighted by Gasteiger charge is 2.12. The topological polar surface area (TPSA) is 90.7 Å². The zero-order valence-electron chi connectivity index (χ0n) is 13.4. The average molecular weight is 366 g/mol. The van der Waals surface area contributed by atoms with Crippen LogP contribution in [0.25, 0.3) is 33.2 Å². The molecule has 0 aliphatic rings. The Hall–Kier alpha value is -3.25. The molecule has 26 heavy (non-hydrogen) atoms. The number of anilines is 2. The second-order valence-electron chi connectivity index (χ2n) is 5.77. The van der Waals surface area contributed by atoms with Crippen molar-refractivity contribution in [2.24, 2.45) is 0 Å². The highest BCUT2D eigenvalue weighted by atomic mass is 35.5. The molecule has 3 heterocycles. The van der Waals surface area contributed by atoms with Crippen LogP contribution in [0.2, 0.25) is 5.02 Å². The Balaban J connectivity index is 1.89. The van der Waals surface area contributed by atoms with E-state index in [0.717, 1.165) is 11.1 Å². The lowest BCUT2D eigenvalue weighted by Crippen LogP contribution is -1.97. The number of fused-ring (bicyclic) bond motifs is 1. The summed E-state index contributed by atoms with van der Waals surface area (Å²) in [7, 11) is 0. The summed E-state index contributed by atoms with van der Waals surface area (Å²) in [5.74, 6) is 0.345. The van der Waals surface area contributed by atoms with Gasteiger partial charge in [-0.05, 0) is 42.0 Å². The molecule has 128 valence electrons. The van der Waals surface area contributed by atoms with Crippen LogP contribution in [0.3, 0.4) is 0 Å². The van der Waals surface area contributed by atoms with Gasteiger partial charge >= 0.3 is 0 Å². The van der Waals surface area contributed by atoms with E-state index in [9.17, 15) is 4.39 Å². The van der Waals surface area contributed by atoms with Gasteiger partial charge in [0.05, 0.1) is 5.69 Å². The van der Waals surface area contributed by atoms with Gasteiger partial charge in [-0.1, -0.05) is 11.6 Å². The molecule has 7 heteroatoms. The molecule has 0 radical (unpaired) electrons. The molecule has 0 amide bonds. The summed E-state index contributed by atoms with van der Waals surface area (Å²) in [6, 6.07) is 9.97. The first-order chi connectivity index (χ1) is 12.5. The molecule has 0 bridgehead atoms. The Morgan fingerprint density at radius 3 is 2.50 bits per heavy atom. The number of hydrogen-bond acceptors (Lipinski definition) is 5. The molecule has 1 aromatic carbocycles. The van der Waals surface area contributed by atoms with Crippen molar-refractivity contribution in [1.29, 1.82) is 0 Å². The summed E-state index contributed by atoms with van der Waals surface area (Å²) in [5, 5.41) is 1.36. The molecule has 0 unspecified atom stereocenters. The lowest BCUT2D eigenvalue weighted by molar-refractivity contribution is 0.639. The van der Waals surface area contributed by atoms with Crippen LogP contribution in [0.1, 0.15) is 0 Å². The monoisotopic (exact) mass is 365 g/mol. The molecular weight excluding hydrogens is 353 g/mol. The van der Waals surface area contributed by atoms with Crippen molar-refractivity contribution in [3.05, 3.63) is 65.8 Å². The third-order valence-electron chi connectivity index (χ3n) is 4.10. The van der Waals surface area contributed by atoms with E-state index >= 15 is 0 Å². The van der Waals surface area contributed by atoms with Crippen LogP contribution in [-0.4, -0.2) is 15.0 Å². The van der Waals surface area contributed by atoms with Gasteiger partial charge in [0.15, 0.2) is 0 Å². The molecule has 0 saturated carbocycles. The number of benzene rings is 1. The fourth-order valence-corrected chi connectivity index (χ4v) is 3.00. The maximum Gasteiger partial charge on any atom is 0.132 e. The van der Waals surface area contributed by atoms with E-state index in [2.05, 4.69) is 15.0 Å². The first-order valence-electron chi connectivity index (χ1n) is 7.74. The Bertz CT molecular complexity index is 1150. The minimum absolute atomic E-state index is 0.315. The number of nitrogen functional groups attached to an aromatic ring is 2. The van der Waals surface area contributed by atoms with Gasteiger partial charge in [-0.25, -0.2) is 14.4 Å². The summed E-state index contributed by atoms with van der Waals surface area (Å²) in [6.07, 6.45) is 4.72. The molecule has 0 aliphatic heterocycles. The fourth-order valence-electron chi connectivity index (χ4n) is 2.78. The van der Waals surface area contributed by atoms with Gasteiger partial charge < -0.3 is 11.5 Å². The standard InChI is InChI=1S/C19H13ClFN5/c20-15-1-2-16(21)14-9-25-17(7-12(14)15)13-5-11(8-26-19(13)23)10-3-4-24-18(22)6-10/h1-9H,(H2,22,24)(H2,23,26). The third kappa shape index (κ3) is 2.80. The van der Waals surface area contributed by atoms with Crippen LogP contribution in [0.5, 0.6) is 0 Å². The molecule has 0 fully saturated rings. The highest BCUT2D eigenvalue weighted by molar-refractivity contribution is 6.35. The SMILES string of the molecule is Nc1cc(-c2cnc(N)c(-c3cc4c(Cl)ccc(F)c4cn3)c2)ccn1. The van der Waals surface area contributed by atoms with E-state index in [0.29, 0.717) is 38.7 Å². The summed E-state index contributed by atoms with van der Waals surface area (Å²) in [5.41, 5.74) is 14.6. The van der Waals surface area contributed by atoms with E-state index in [4.69, 9.17) is 23.1 Å². The lowest BCUT2D eigenvalue weighted by Gasteiger charge is -2.10. The smallest absolute Gasteiger partial charge is 0.132 e. The number of nitrogens with two attached hydrogens (primary N) is 2. The number of nitrogens with zero attached hydrogens (tertiary/aromatic N) is 3. The first kappa shape index (κ1) is 16.2. The van der Waals surface area contributed by atoms with Gasteiger partial charge in [-0.15, -0.1) is 0 Å². The molecule has 0 atom stereocenters. The maximum atomic E-state index is 13.9. The van der Waals surface area contributed by atoms with Crippen molar-refractivity contribution in [2.45, 2.75) is 0 Å². The Labute approximate surface area is 153 Å². The Kier molecular flexibility index (Phi) is 3.89. The Morgan fingerprint density at radius 1 is 0.846 bits per heavy atom. The van der Waals surface area contributed by atoms with Crippen molar-refractivity contribution < 1.29 is 4.39 Å². The van der Waals surface area contributed by atoms with Crippen molar-refractivity contribution in [3.8, 4) is 22.4 Å². The van der Waals surface area contributed by atoms with Crippen LogP contribution < -0.4 is 11.5 Å². The van der Waals surface area contributed by atoms with Crippen LogP contribution in [-0.2, 0) is 0 Å². The van der Waals surface area contributed by atoms with Crippen molar-refractivity contribution in [3.63, 3.8) is 0 Å². The molecule has 3 aromatic heterocycles. The summed E-state index contributed by atoms with van der Waals surface area (Å²) < 4.78 is 13.9. The lowest BCUT2D eigenvalue weighted by atomic mass is 10.0. The van der Waals surface area contributed by atoms with E-state index in [-0.39, 0.29) is 5.82 Å². The zero-order valence-corrected chi connectivity index (χ0v) is 14.2. The third-order valence-corrected chi connectivity index (χ3v) is 4.43. The summed E-state index contributed by atoms with van der Waals surface area (Å²) >= 11 is 6.21. The van der Waals surface area contributed by atoms with Gasteiger partial charge in [-0.2, -0.15) is 0 Å². The van der Waals surface area contributed by atoms with Gasteiger partial charge in [0, 0.05) is 45.5 Å². The van der Waals surface area contributed by atoms with E-state index in [1.54, 1.807) is 24.5 Å². The van der Waals surface area contributed by atoms with Crippen LogP contribution in [0.4, 0.5) is 16.0 Å². The zero-order chi connectivity index (χ0) is 18.3. The second-order valence-corrected chi connectivity index (χ2v) is 6.18. The van der Waals surface area contributed by atoms with Gasteiger partial charge in [0.1, 0.15) is 17.5 Å². The summed E-state index contributed by atoms with van der Waals surface area (Å²) in [4.78, 5) is 12.6. The average Bonchev–Trinajstić information content (AvgIpc) is 2.65. The van der Waals surface area contributed by atoms with Gasteiger partial charge in [0.2, 0.25) is 0 Å². The molecule has 4 aromatic rings. The fraction of sp³-hybridized carbons (Fsp3) is 0. The molecule has 0 aliphatic carbocycles. The van der Waals surface area contributed by atoms with Crippen molar-refractivity contribution in [2.75, 3.05) is 11.5 Å². The second kappa shape index (κ2) is 6.24. The molecular formula is C19H13ClFN5. The van der Waals surface area contributed by atoms with E-state index in [1.165, 1.54) is 18.3 Å². The predicted molar refractivity (Wildman–Crippen MR) is 102 cm³/mol. The van der Waals surface area contributed by atoms with E-state index < -0.39 is 0 Å². The van der Waals surface area contributed by atoms with Crippen molar-refractivity contribution >= 4 is 34.0 Å². The minimum atomic E-state index is -0.379. The molecule has 0 spiro atoms. The first-order valence-corrected chi connectivity index (χ1v) is 8.12. The van der Waals surface area contributed by atoms with Crippen LogP contribution in [0.15, 0.2) is 55.0 Å². The number of rotatable bonds is 2. The van der Waals surface area contributed by atoms with E-state index in [1.807, 2.05) is 12.1 Å². The van der Waals surface area contributed by atoms with Gasteiger partial charge in [-0.3, -0.25) is 4.98 Å². The number of pyridine rings is 3. The molecule has 4 N–H and O–H groups in total. The summed E-state index contributed by atoms with van der Waals surface area (Å²) in [6.45, 7) is 0. The highest BCUT2D eigenvalue weighted by Crippen LogP contribution is 2.33. The quantitative estimate of drug-likeness (QED) is 0.552. The van der Waals surface area contributed by atoms with Crippen LogP contribution in [0, 0.1) is 5.82 Å². The van der Waals surface area contributed by atoms with Crippen molar-refractivity contribution in [1.82, 2.24) is 15.0 Å². The number of halogens is 2. The van der Waals surface area contributed by atoms with Crippen LogP contribution >= 0.6 is 11.6 Å². The number of aromatic nitrogens is 3. The maximum absolute atomic E-state index is 13.9. The molecule has 5 nitrogen and oxygen atoms in total. The minimum Gasteiger partial charge on any atom is -0.384 e. The largest absolute Gasteiger partial charge is 0.384 e. The predicted octanol–water partition coefficient (Wildman–Crippen LogP) is 4.32. The number of hydrogen-bond donors (Lipinski definition) is 2. The normalized spacial score (nSPS) is 11.0. The van der Waals surface area contributed by atoms with Gasteiger partial charge in [0.25, 0.3) is 0 Å².